The number of hydrogen-bond donors (Lipinski definition) is 1. The van der Waals surface area contributed by atoms with Gasteiger partial charge in [-0.05, 0) is 56.6 Å². The van der Waals surface area contributed by atoms with E-state index in [4.69, 9.17) is 5.11 Å². The summed E-state index contributed by atoms with van der Waals surface area (Å²) in [5, 5.41) is 8.63. The highest BCUT2D eigenvalue weighted by molar-refractivity contribution is 14.1. The quantitative estimate of drug-likeness (QED) is 0.829. The van der Waals surface area contributed by atoms with Crippen molar-refractivity contribution in [2.45, 2.75) is 13.3 Å². The minimum Gasteiger partial charge on any atom is -0.481 e. The summed E-state index contributed by atoms with van der Waals surface area (Å²) in [6.45, 7) is 1.98. The van der Waals surface area contributed by atoms with Crippen molar-refractivity contribution in [3.63, 3.8) is 0 Å². The van der Waals surface area contributed by atoms with Gasteiger partial charge in [-0.15, -0.1) is 0 Å². The Hall–Kier alpha value is -0.100. The Morgan fingerprint density at radius 1 is 1.62 bits per heavy atom. The molecule has 1 aromatic carbocycles. The molecule has 13 heavy (non-hydrogen) atoms. The molecular weight excluding hydrogens is 347 g/mol. The van der Waals surface area contributed by atoms with Crippen molar-refractivity contribution >= 4 is 44.5 Å². The van der Waals surface area contributed by atoms with Crippen LogP contribution in [0.1, 0.15) is 11.1 Å². The molecule has 0 bridgehead atoms. The monoisotopic (exact) mass is 354 g/mol. The summed E-state index contributed by atoms with van der Waals surface area (Å²) in [5.74, 6) is -0.798. The molecule has 1 aromatic rings. The van der Waals surface area contributed by atoms with E-state index in [1.807, 2.05) is 19.1 Å². The third kappa shape index (κ3) is 2.67. The number of aliphatic carboxylic acids is 1. The number of carbonyl (C=O) groups is 1. The third-order valence-corrected chi connectivity index (χ3v) is 4.69. The largest absolute Gasteiger partial charge is 0.481 e. The van der Waals surface area contributed by atoms with Crippen molar-refractivity contribution in [2.75, 3.05) is 0 Å². The van der Waals surface area contributed by atoms with Crippen LogP contribution in [0.3, 0.4) is 0 Å². The van der Waals surface area contributed by atoms with Crippen LogP contribution in [0.15, 0.2) is 16.6 Å². The maximum atomic E-state index is 10.5. The fourth-order valence-corrected chi connectivity index (χ4v) is 2.17. The van der Waals surface area contributed by atoms with Gasteiger partial charge in [-0.1, -0.05) is 12.1 Å². The van der Waals surface area contributed by atoms with E-state index in [-0.39, 0.29) is 6.42 Å². The molecule has 0 aliphatic heterocycles. The second-order valence-corrected chi connectivity index (χ2v) is 4.61. The predicted molar refractivity (Wildman–Crippen MR) is 62.9 cm³/mol. The molecule has 0 aliphatic rings. The van der Waals surface area contributed by atoms with Crippen molar-refractivity contribution in [2.24, 2.45) is 0 Å². The van der Waals surface area contributed by atoms with E-state index in [9.17, 15) is 4.79 Å². The maximum Gasteiger partial charge on any atom is 0.307 e. The summed E-state index contributed by atoms with van der Waals surface area (Å²) in [6.07, 6.45) is 0.0805. The lowest BCUT2D eigenvalue weighted by Crippen LogP contribution is -2.02. The summed E-state index contributed by atoms with van der Waals surface area (Å²) >= 11 is 5.57. The smallest absolute Gasteiger partial charge is 0.307 e. The molecule has 0 amide bonds. The first-order chi connectivity index (χ1) is 6.02. The number of carboxylic acid groups (broad SMARTS) is 1. The molecule has 70 valence electrons. The Kier molecular flexibility index (Phi) is 3.73. The minimum absolute atomic E-state index is 0.0805. The van der Waals surface area contributed by atoms with Crippen molar-refractivity contribution in [3.05, 3.63) is 31.3 Å². The van der Waals surface area contributed by atoms with Gasteiger partial charge in [0.05, 0.1) is 6.42 Å². The van der Waals surface area contributed by atoms with Crippen LogP contribution in [0.5, 0.6) is 0 Å². The summed E-state index contributed by atoms with van der Waals surface area (Å²) in [5.41, 5.74) is 1.98. The van der Waals surface area contributed by atoms with Crippen LogP contribution in [0.2, 0.25) is 0 Å². The molecule has 0 spiro atoms. The van der Waals surface area contributed by atoms with Crippen molar-refractivity contribution < 1.29 is 9.90 Å². The van der Waals surface area contributed by atoms with Crippen molar-refractivity contribution in [3.8, 4) is 0 Å². The lowest BCUT2D eigenvalue weighted by atomic mass is 10.1. The van der Waals surface area contributed by atoms with Gasteiger partial charge in [0.25, 0.3) is 0 Å². The normalized spacial score (nSPS) is 10.1. The van der Waals surface area contributed by atoms with Crippen LogP contribution in [0, 0.1) is 10.5 Å². The molecule has 4 heteroatoms. The zero-order valence-electron chi connectivity index (χ0n) is 6.97. The average molecular weight is 355 g/mol. The van der Waals surface area contributed by atoms with Gasteiger partial charge in [-0.25, -0.2) is 0 Å². The van der Waals surface area contributed by atoms with Crippen LogP contribution < -0.4 is 0 Å². The highest BCUT2D eigenvalue weighted by Crippen LogP contribution is 2.26. The maximum absolute atomic E-state index is 10.5. The van der Waals surface area contributed by atoms with E-state index in [1.54, 1.807) is 0 Å². The van der Waals surface area contributed by atoms with Gasteiger partial charge in [-0.3, -0.25) is 4.79 Å². The first kappa shape index (κ1) is 11.0. The predicted octanol–water partition coefficient (Wildman–Crippen LogP) is 2.99. The van der Waals surface area contributed by atoms with Crippen LogP contribution in [0.4, 0.5) is 0 Å². The van der Waals surface area contributed by atoms with Gasteiger partial charge in [0, 0.05) is 8.04 Å². The zero-order chi connectivity index (χ0) is 10.0. The molecule has 2 nitrogen and oxygen atoms in total. The molecule has 0 saturated heterocycles. The number of aryl methyl sites for hydroxylation is 1. The molecule has 0 fully saturated rings. The van der Waals surface area contributed by atoms with Crippen molar-refractivity contribution in [1.82, 2.24) is 0 Å². The molecule has 0 atom stereocenters. The van der Waals surface area contributed by atoms with Crippen molar-refractivity contribution in [1.29, 1.82) is 0 Å². The number of benzene rings is 1. The van der Waals surface area contributed by atoms with Gasteiger partial charge in [0.1, 0.15) is 0 Å². The average Bonchev–Trinajstić information content (AvgIpc) is 2.06. The fraction of sp³-hybridized carbons (Fsp3) is 0.222. The molecule has 0 aliphatic carbocycles. The highest BCUT2D eigenvalue weighted by Gasteiger charge is 2.08. The number of carboxylic acids is 1. The lowest BCUT2D eigenvalue weighted by molar-refractivity contribution is -0.136. The van der Waals surface area contributed by atoms with E-state index in [0.717, 1.165) is 19.2 Å². The Bertz CT molecular complexity index is 350. The fourth-order valence-electron chi connectivity index (χ4n) is 0.985. The molecular formula is C9H8BrIO2. The number of rotatable bonds is 2. The third-order valence-electron chi connectivity index (χ3n) is 1.70. The number of halogens is 2. The molecule has 0 radical (unpaired) electrons. The SMILES string of the molecule is Cc1ccc(CC(=O)O)c(I)c1Br. The van der Waals surface area contributed by atoms with Gasteiger partial charge in [0.15, 0.2) is 0 Å². The van der Waals surface area contributed by atoms with Gasteiger partial charge >= 0.3 is 5.97 Å². The Balaban J connectivity index is 3.10. The second kappa shape index (κ2) is 4.41. The van der Waals surface area contributed by atoms with Gasteiger partial charge in [-0.2, -0.15) is 0 Å². The van der Waals surface area contributed by atoms with Gasteiger partial charge < -0.3 is 5.11 Å². The van der Waals surface area contributed by atoms with E-state index < -0.39 is 5.97 Å². The molecule has 0 saturated carbocycles. The molecule has 1 rings (SSSR count). The second-order valence-electron chi connectivity index (χ2n) is 2.74. The minimum atomic E-state index is -0.798. The molecule has 0 unspecified atom stereocenters. The van der Waals surface area contributed by atoms with E-state index >= 15 is 0 Å². The van der Waals surface area contributed by atoms with Crippen LogP contribution in [-0.2, 0) is 11.2 Å². The Morgan fingerprint density at radius 3 is 2.77 bits per heavy atom. The highest BCUT2D eigenvalue weighted by atomic mass is 127. The molecule has 0 aromatic heterocycles. The number of hydrogen-bond acceptors (Lipinski definition) is 1. The van der Waals surface area contributed by atoms with E-state index in [0.29, 0.717) is 0 Å². The topological polar surface area (TPSA) is 37.3 Å². The summed E-state index contributed by atoms with van der Waals surface area (Å²) in [4.78, 5) is 10.5. The van der Waals surface area contributed by atoms with Gasteiger partial charge in [0.2, 0.25) is 0 Å². The Morgan fingerprint density at radius 2 is 2.23 bits per heavy atom. The summed E-state index contributed by atoms with van der Waals surface area (Å²) in [6, 6.07) is 3.78. The van der Waals surface area contributed by atoms with Crippen LogP contribution in [0.25, 0.3) is 0 Å². The first-order valence-electron chi connectivity index (χ1n) is 3.67. The first-order valence-corrected chi connectivity index (χ1v) is 5.55. The standard InChI is InChI=1S/C9H8BrIO2/c1-5-2-3-6(4-7(12)13)9(11)8(5)10/h2-3H,4H2,1H3,(H,12,13). The molecule has 0 heterocycles. The summed E-state index contributed by atoms with van der Waals surface area (Å²) in [7, 11) is 0. The van der Waals surface area contributed by atoms with Crippen LogP contribution in [-0.4, -0.2) is 11.1 Å². The van der Waals surface area contributed by atoms with Crippen LogP contribution >= 0.6 is 38.5 Å². The lowest BCUT2D eigenvalue weighted by Gasteiger charge is -2.06. The molecule has 1 N–H and O–H groups in total. The Labute approximate surface area is 98.6 Å². The van der Waals surface area contributed by atoms with E-state index in [1.165, 1.54) is 0 Å². The summed E-state index contributed by atoms with van der Waals surface area (Å²) < 4.78 is 1.98. The zero-order valence-corrected chi connectivity index (χ0v) is 10.7. The van der Waals surface area contributed by atoms with E-state index in [2.05, 4.69) is 38.5 Å².